The van der Waals surface area contributed by atoms with Gasteiger partial charge in [0.2, 0.25) is 5.91 Å². The van der Waals surface area contributed by atoms with Crippen LogP contribution in [-0.2, 0) is 19.1 Å². The molecule has 0 aliphatic heterocycles. The minimum Gasteiger partial charge on any atom is -0.481 e. The highest BCUT2D eigenvalue weighted by atomic mass is 16.5. The Kier molecular flexibility index (Phi) is 10.6. The van der Waals surface area contributed by atoms with Gasteiger partial charge in [-0.05, 0) is 12.8 Å². The third kappa shape index (κ3) is 12.8. The summed E-state index contributed by atoms with van der Waals surface area (Å²) in [5, 5.41) is 11.1. The maximum atomic E-state index is 11.2. The second kappa shape index (κ2) is 11.3. The summed E-state index contributed by atoms with van der Waals surface area (Å²) in [6.07, 6.45) is 1.42. The molecule has 1 amide bonds. The van der Waals surface area contributed by atoms with Crippen molar-refractivity contribution >= 4 is 11.9 Å². The van der Waals surface area contributed by atoms with Gasteiger partial charge in [-0.2, -0.15) is 0 Å². The first-order valence-electron chi connectivity index (χ1n) is 5.72. The van der Waals surface area contributed by atoms with Crippen LogP contribution in [0.15, 0.2) is 0 Å². The van der Waals surface area contributed by atoms with Crippen LogP contribution in [0.2, 0.25) is 0 Å². The van der Waals surface area contributed by atoms with E-state index in [1.54, 1.807) is 7.11 Å². The second-order valence-electron chi connectivity index (χ2n) is 3.56. The van der Waals surface area contributed by atoms with E-state index in [1.807, 2.05) is 0 Å². The Bertz CT molecular complexity index is 220. The molecule has 17 heavy (non-hydrogen) atoms. The summed E-state index contributed by atoms with van der Waals surface area (Å²) in [5.41, 5.74) is 0. The van der Waals surface area contributed by atoms with E-state index in [4.69, 9.17) is 14.6 Å². The molecule has 0 bridgehead atoms. The number of carbonyl (C=O) groups is 2. The Labute approximate surface area is 101 Å². The zero-order valence-electron chi connectivity index (χ0n) is 10.2. The average molecular weight is 247 g/mol. The molecule has 2 N–H and O–H groups in total. The maximum absolute atomic E-state index is 11.2. The lowest BCUT2D eigenvalue weighted by atomic mass is 10.2. The van der Waals surface area contributed by atoms with E-state index < -0.39 is 5.97 Å². The van der Waals surface area contributed by atoms with Crippen molar-refractivity contribution in [2.45, 2.75) is 25.7 Å². The van der Waals surface area contributed by atoms with Gasteiger partial charge in [-0.1, -0.05) is 0 Å². The minimum absolute atomic E-state index is 0.0353. The predicted octanol–water partition coefficient (Wildman–Crippen LogP) is 0.411. The summed E-state index contributed by atoms with van der Waals surface area (Å²) in [6, 6.07) is 0. The summed E-state index contributed by atoms with van der Waals surface area (Å²) in [5.74, 6) is -0.979. The number of methoxy groups -OCH3 is 1. The first-order chi connectivity index (χ1) is 8.16. The van der Waals surface area contributed by atoms with Crippen molar-refractivity contribution in [2.24, 2.45) is 0 Å². The van der Waals surface area contributed by atoms with Gasteiger partial charge in [0, 0.05) is 33.1 Å². The quantitative estimate of drug-likeness (QED) is 0.517. The summed E-state index contributed by atoms with van der Waals surface area (Å²) in [4.78, 5) is 21.4. The number of carboxylic acids is 1. The lowest BCUT2D eigenvalue weighted by molar-refractivity contribution is -0.137. The Morgan fingerprint density at radius 1 is 1.12 bits per heavy atom. The van der Waals surface area contributed by atoms with Gasteiger partial charge in [-0.15, -0.1) is 0 Å². The van der Waals surface area contributed by atoms with E-state index in [2.05, 4.69) is 5.32 Å². The molecule has 0 aromatic carbocycles. The number of carbonyl (C=O) groups excluding carboxylic acids is 1. The topological polar surface area (TPSA) is 84.9 Å². The fourth-order valence-electron chi connectivity index (χ4n) is 1.13. The van der Waals surface area contributed by atoms with E-state index in [-0.39, 0.29) is 18.7 Å². The lowest BCUT2D eigenvalue weighted by Gasteiger charge is -2.05. The Hall–Kier alpha value is -1.14. The van der Waals surface area contributed by atoms with Crippen molar-refractivity contribution in [1.82, 2.24) is 5.32 Å². The van der Waals surface area contributed by atoms with Crippen LogP contribution >= 0.6 is 0 Å². The molecule has 0 unspecified atom stereocenters. The standard InChI is InChI=1S/C11H21NO5/c1-16-8-9-17-7-3-6-12-10(13)4-2-5-11(14)15/h2-9H2,1H3,(H,12,13)(H,14,15). The van der Waals surface area contributed by atoms with Gasteiger partial charge in [0.25, 0.3) is 0 Å². The number of hydrogen-bond acceptors (Lipinski definition) is 4. The van der Waals surface area contributed by atoms with Gasteiger partial charge in [0.05, 0.1) is 13.2 Å². The van der Waals surface area contributed by atoms with E-state index in [0.29, 0.717) is 32.8 Å². The number of hydrogen-bond donors (Lipinski definition) is 2. The fraction of sp³-hybridized carbons (Fsp3) is 0.818. The summed E-state index contributed by atoms with van der Waals surface area (Å²) in [7, 11) is 1.61. The lowest BCUT2D eigenvalue weighted by Crippen LogP contribution is -2.25. The van der Waals surface area contributed by atoms with Crippen LogP contribution in [0, 0.1) is 0 Å². The van der Waals surface area contributed by atoms with Crippen LogP contribution < -0.4 is 5.32 Å². The molecule has 0 aliphatic carbocycles. The van der Waals surface area contributed by atoms with Crippen molar-refractivity contribution < 1.29 is 24.2 Å². The van der Waals surface area contributed by atoms with Crippen LogP contribution in [0.4, 0.5) is 0 Å². The Morgan fingerprint density at radius 2 is 1.88 bits per heavy atom. The summed E-state index contributed by atoms with van der Waals surface area (Å²) >= 11 is 0. The van der Waals surface area contributed by atoms with E-state index in [1.165, 1.54) is 0 Å². The van der Waals surface area contributed by atoms with E-state index >= 15 is 0 Å². The van der Waals surface area contributed by atoms with Crippen molar-refractivity contribution in [3.05, 3.63) is 0 Å². The molecule has 0 heterocycles. The summed E-state index contributed by atoms with van der Waals surface area (Å²) < 4.78 is 10.0. The normalized spacial score (nSPS) is 10.2. The Morgan fingerprint density at radius 3 is 2.53 bits per heavy atom. The number of amides is 1. The molecule has 0 saturated heterocycles. The highest BCUT2D eigenvalue weighted by molar-refractivity contribution is 5.76. The van der Waals surface area contributed by atoms with Crippen LogP contribution in [0.3, 0.4) is 0 Å². The zero-order valence-corrected chi connectivity index (χ0v) is 10.2. The van der Waals surface area contributed by atoms with E-state index in [9.17, 15) is 9.59 Å². The Balaban J connectivity index is 3.19. The van der Waals surface area contributed by atoms with Gasteiger partial charge < -0.3 is 19.9 Å². The average Bonchev–Trinajstić information content (AvgIpc) is 2.27. The molecule has 0 aromatic heterocycles. The summed E-state index contributed by atoms with van der Waals surface area (Å²) in [6.45, 7) is 2.27. The molecule has 0 aromatic rings. The fourth-order valence-corrected chi connectivity index (χ4v) is 1.13. The minimum atomic E-state index is -0.871. The molecule has 0 atom stereocenters. The smallest absolute Gasteiger partial charge is 0.303 e. The van der Waals surface area contributed by atoms with Crippen LogP contribution in [0.25, 0.3) is 0 Å². The molecular formula is C11H21NO5. The molecule has 6 heteroatoms. The van der Waals surface area contributed by atoms with Gasteiger partial charge in [0.15, 0.2) is 0 Å². The molecule has 0 fully saturated rings. The molecule has 6 nitrogen and oxygen atoms in total. The molecule has 0 saturated carbocycles. The number of carboxylic acid groups (broad SMARTS) is 1. The molecule has 0 spiro atoms. The molecule has 100 valence electrons. The van der Waals surface area contributed by atoms with Crippen molar-refractivity contribution in [3.8, 4) is 0 Å². The monoisotopic (exact) mass is 247 g/mol. The van der Waals surface area contributed by atoms with Gasteiger partial charge in [-0.3, -0.25) is 9.59 Å². The van der Waals surface area contributed by atoms with Crippen molar-refractivity contribution in [2.75, 3.05) is 33.5 Å². The third-order valence-corrected chi connectivity index (χ3v) is 2.01. The zero-order chi connectivity index (χ0) is 12.9. The maximum Gasteiger partial charge on any atom is 0.303 e. The van der Waals surface area contributed by atoms with Gasteiger partial charge in [0.1, 0.15) is 0 Å². The van der Waals surface area contributed by atoms with E-state index in [0.717, 1.165) is 6.42 Å². The number of aliphatic carboxylic acids is 1. The molecule has 0 radical (unpaired) electrons. The van der Waals surface area contributed by atoms with Crippen molar-refractivity contribution in [3.63, 3.8) is 0 Å². The molecule has 0 rings (SSSR count). The number of ether oxygens (including phenoxy) is 2. The van der Waals surface area contributed by atoms with Crippen LogP contribution in [0.1, 0.15) is 25.7 Å². The first-order valence-corrected chi connectivity index (χ1v) is 5.72. The molecule has 0 aliphatic rings. The number of rotatable bonds is 11. The molecular weight excluding hydrogens is 226 g/mol. The SMILES string of the molecule is COCCOCCCNC(=O)CCCC(=O)O. The van der Waals surface area contributed by atoms with Crippen LogP contribution in [-0.4, -0.2) is 50.5 Å². The first kappa shape index (κ1) is 15.9. The van der Waals surface area contributed by atoms with Crippen LogP contribution in [0.5, 0.6) is 0 Å². The third-order valence-electron chi connectivity index (χ3n) is 2.01. The highest BCUT2D eigenvalue weighted by Crippen LogP contribution is 1.94. The predicted molar refractivity (Wildman–Crippen MR) is 61.8 cm³/mol. The second-order valence-corrected chi connectivity index (χ2v) is 3.56. The largest absolute Gasteiger partial charge is 0.481 e. The van der Waals surface area contributed by atoms with Gasteiger partial charge >= 0.3 is 5.97 Å². The number of nitrogens with one attached hydrogen (secondary N) is 1. The highest BCUT2D eigenvalue weighted by Gasteiger charge is 2.02. The van der Waals surface area contributed by atoms with Gasteiger partial charge in [-0.25, -0.2) is 0 Å². The van der Waals surface area contributed by atoms with Crippen molar-refractivity contribution in [1.29, 1.82) is 0 Å².